The summed E-state index contributed by atoms with van der Waals surface area (Å²) in [6.07, 6.45) is 1.89. The third-order valence-electron chi connectivity index (χ3n) is 1.86. The fourth-order valence-corrected chi connectivity index (χ4v) is 1.01. The zero-order chi connectivity index (χ0) is 9.84. The number of hydrogen-bond donors (Lipinski definition) is 0. The molecule has 0 aliphatic heterocycles. The number of rotatable bonds is 3. The number of hydrogen-bond acceptors (Lipinski definition) is 3. The van der Waals surface area contributed by atoms with Crippen molar-refractivity contribution in [3.05, 3.63) is 28.4 Å². The molecule has 0 aliphatic carbocycles. The van der Waals surface area contributed by atoms with Gasteiger partial charge in [0.25, 0.3) is 5.56 Å². The number of aromatic nitrogens is 2. The van der Waals surface area contributed by atoms with Crippen molar-refractivity contribution in [3.8, 4) is 0 Å². The van der Waals surface area contributed by atoms with Gasteiger partial charge in [-0.2, -0.15) is 0 Å². The van der Waals surface area contributed by atoms with Crippen LogP contribution in [0.2, 0.25) is 0 Å². The van der Waals surface area contributed by atoms with Crippen molar-refractivity contribution >= 4 is 5.78 Å². The highest BCUT2D eigenvalue weighted by Gasteiger charge is 2.04. The average molecular weight is 180 g/mol. The normalized spacial score (nSPS) is 10.0. The summed E-state index contributed by atoms with van der Waals surface area (Å²) in [6, 6.07) is 1.36. The maximum absolute atomic E-state index is 11.3. The second-order valence-electron chi connectivity index (χ2n) is 2.81. The standard InChI is InChI=1S/C9H12N2O2/c1-3-8(12)6-11-7(2)10-5-4-9(11)13/h4-5H,3,6H2,1-2H3. The molecule has 13 heavy (non-hydrogen) atoms. The summed E-state index contributed by atoms with van der Waals surface area (Å²) in [7, 11) is 0. The molecule has 0 aromatic carbocycles. The predicted octanol–water partition coefficient (Wildman–Crippen LogP) is 0.531. The molecular formula is C9H12N2O2. The predicted molar refractivity (Wildman–Crippen MR) is 48.5 cm³/mol. The quantitative estimate of drug-likeness (QED) is 0.681. The lowest BCUT2D eigenvalue weighted by Crippen LogP contribution is -2.25. The first kappa shape index (κ1) is 9.64. The van der Waals surface area contributed by atoms with Gasteiger partial charge in [-0.15, -0.1) is 0 Å². The van der Waals surface area contributed by atoms with Gasteiger partial charge in [-0.05, 0) is 6.92 Å². The van der Waals surface area contributed by atoms with Gasteiger partial charge in [-0.1, -0.05) is 6.92 Å². The number of carbonyl (C=O) groups excluding carboxylic acids is 1. The molecule has 1 aromatic heterocycles. The molecule has 0 bridgehead atoms. The van der Waals surface area contributed by atoms with Gasteiger partial charge >= 0.3 is 0 Å². The molecule has 0 unspecified atom stereocenters. The van der Waals surface area contributed by atoms with Gasteiger partial charge in [-0.3, -0.25) is 14.2 Å². The van der Waals surface area contributed by atoms with Crippen LogP contribution in [0.5, 0.6) is 0 Å². The third kappa shape index (κ3) is 2.24. The number of nitrogens with zero attached hydrogens (tertiary/aromatic N) is 2. The Morgan fingerprint density at radius 2 is 2.31 bits per heavy atom. The Kier molecular flexibility index (Phi) is 2.95. The number of ketones is 1. The van der Waals surface area contributed by atoms with Gasteiger partial charge in [0, 0.05) is 18.7 Å². The summed E-state index contributed by atoms with van der Waals surface area (Å²) >= 11 is 0. The molecule has 4 heteroatoms. The fraction of sp³-hybridized carbons (Fsp3) is 0.444. The molecule has 0 atom stereocenters. The Balaban J connectivity index is 3.00. The van der Waals surface area contributed by atoms with Crippen molar-refractivity contribution in [1.29, 1.82) is 0 Å². The molecule has 0 saturated carbocycles. The van der Waals surface area contributed by atoms with Gasteiger partial charge < -0.3 is 0 Å². The Bertz CT molecular complexity index is 368. The van der Waals surface area contributed by atoms with Crippen molar-refractivity contribution in [1.82, 2.24) is 9.55 Å². The molecule has 70 valence electrons. The molecular weight excluding hydrogens is 168 g/mol. The average Bonchev–Trinajstić information content (AvgIpc) is 2.11. The molecule has 1 heterocycles. The van der Waals surface area contributed by atoms with Crippen LogP contribution >= 0.6 is 0 Å². The van der Waals surface area contributed by atoms with E-state index in [9.17, 15) is 9.59 Å². The van der Waals surface area contributed by atoms with E-state index in [0.29, 0.717) is 12.2 Å². The third-order valence-corrected chi connectivity index (χ3v) is 1.86. The van der Waals surface area contributed by atoms with E-state index in [-0.39, 0.29) is 17.9 Å². The molecule has 0 aliphatic rings. The van der Waals surface area contributed by atoms with Crippen LogP contribution in [-0.4, -0.2) is 15.3 Å². The first-order chi connectivity index (χ1) is 6.15. The van der Waals surface area contributed by atoms with Gasteiger partial charge in [0.1, 0.15) is 5.82 Å². The van der Waals surface area contributed by atoms with Crippen molar-refractivity contribution in [3.63, 3.8) is 0 Å². The first-order valence-electron chi connectivity index (χ1n) is 4.19. The maximum atomic E-state index is 11.3. The molecule has 0 radical (unpaired) electrons. The van der Waals surface area contributed by atoms with Crippen LogP contribution in [0, 0.1) is 6.92 Å². The topological polar surface area (TPSA) is 52.0 Å². The maximum Gasteiger partial charge on any atom is 0.253 e. The molecule has 0 amide bonds. The van der Waals surface area contributed by atoms with Crippen LogP contribution in [0.1, 0.15) is 19.2 Å². The molecule has 0 N–H and O–H groups in total. The highest BCUT2D eigenvalue weighted by Crippen LogP contribution is 1.91. The van der Waals surface area contributed by atoms with Crippen LogP contribution in [0.15, 0.2) is 17.1 Å². The van der Waals surface area contributed by atoms with Crippen molar-refractivity contribution in [2.75, 3.05) is 0 Å². The van der Waals surface area contributed by atoms with Gasteiger partial charge in [0.05, 0.1) is 6.54 Å². The van der Waals surface area contributed by atoms with Crippen LogP contribution in [0.4, 0.5) is 0 Å². The summed E-state index contributed by atoms with van der Waals surface area (Å²) in [5.74, 6) is 0.618. The second kappa shape index (κ2) is 3.98. The second-order valence-corrected chi connectivity index (χ2v) is 2.81. The van der Waals surface area contributed by atoms with Crippen LogP contribution in [0.3, 0.4) is 0 Å². The van der Waals surface area contributed by atoms with Crippen LogP contribution in [-0.2, 0) is 11.3 Å². The van der Waals surface area contributed by atoms with E-state index in [2.05, 4.69) is 4.98 Å². The fourth-order valence-electron chi connectivity index (χ4n) is 1.01. The Morgan fingerprint density at radius 3 is 2.85 bits per heavy atom. The molecule has 0 saturated heterocycles. The first-order valence-corrected chi connectivity index (χ1v) is 4.19. The summed E-state index contributed by atoms with van der Waals surface area (Å²) in [5.41, 5.74) is -0.172. The zero-order valence-corrected chi connectivity index (χ0v) is 7.78. The number of aryl methyl sites for hydroxylation is 1. The minimum Gasteiger partial charge on any atom is -0.298 e. The lowest BCUT2D eigenvalue weighted by molar-refractivity contribution is -0.119. The lowest BCUT2D eigenvalue weighted by Gasteiger charge is -2.05. The molecule has 0 fully saturated rings. The van der Waals surface area contributed by atoms with E-state index in [0.717, 1.165) is 0 Å². The molecule has 4 nitrogen and oxygen atoms in total. The summed E-state index contributed by atoms with van der Waals surface area (Å²) in [6.45, 7) is 3.62. The van der Waals surface area contributed by atoms with E-state index >= 15 is 0 Å². The minimum atomic E-state index is -0.172. The van der Waals surface area contributed by atoms with E-state index in [1.165, 1.54) is 16.8 Å². The van der Waals surface area contributed by atoms with Crippen molar-refractivity contribution in [2.45, 2.75) is 26.8 Å². The van der Waals surface area contributed by atoms with Crippen LogP contribution < -0.4 is 5.56 Å². The Morgan fingerprint density at radius 1 is 1.62 bits per heavy atom. The molecule has 0 spiro atoms. The minimum absolute atomic E-state index is 0.0400. The molecule has 1 rings (SSSR count). The van der Waals surface area contributed by atoms with E-state index in [4.69, 9.17) is 0 Å². The number of Topliss-reactive ketones (excluding diaryl/α,β-unsaturated/α-hetero) is 1. The number of carbonyl (C=O) groups is 1. The van der Waals surface area contributed by atoms with E-state index in [1.807, 2.05) is 0 Å². The Labute approximate surface area is 76.2 Å². The van der Waals surface area contributed by atoms with Crippen molar-refractivity contribution in [2.24, 2.45) is 0 Å². The highest BCUT2D eigenvalue weighted by atomic mass is 16.1. The monoisotopic (exact) mass is 180 g/mol. The van der Waals surface area contributed by atoms with Gasteiger partial charge in [-0.25, -0.2) is 4.98 Å². The van der Waals surface area contributed by atoms with Gasteiger partial charge in [0.15, 0.2) is 5.78 Å². The van der Waals surface area contributed by atoms with Gasteiger partial charge in [0.2, 0.25) is 0 Å². The summed E-state index contributed by atoms with van der Waals surface area (Å²) < 4.78 is 1.38. The smallest absolute Gasteiger partial charge is 0.253 e. The van der Waals surface area contributed by atoms with E-state index in [1.54, 1.807) is 13.8 Å². The zero-order valence-electron chi connectivity index (χ0n) is 7.78. The van der Waals surface area contributed by atoms with Crippen LogP contribution in [0.25, 0.3) is 0 Å². The summed E-state index contributed by atoms with van der Waals surface area (Å²) in [5, 5.41) is 0. The SMILES string of the molecule is CCC(=O)Cn1c(C)nccc1=O. The van der Waals surface area contributed by atoms with Crippen molar-refractivity contribution < 1.29 is 4.79 Å². The lowest BCUT2D eigenvalue weighted by atomic mass is 10.3. The van der Waals surface area contributed by atoms with E-state index < -0.39 is 0 Å². The molecule has 1 aromatic rings. The summed E-state index contributed by atoms with van der Waals surface area (Å²) in [4.78, 5) is 26.3. The Hall–Kier alpha value is -1.45. The highest BCUT2D eigenvalue weighted by molar-refractivity contribution is 5.77. The largest absolute Gasteiger partial charge is 0.298 e.